The highest BCUT2D eigenvalue weighted by molar-refractivity contribution is 7.19. The largest absolute Gasteiger partial charge is 0.465 e. The summed E-state index contributed by atoms with van der Waals surface area (Å²) < 4.78 is 4.78. The first-order valence-corrected chi connectivity index (χ1v) is 7.46. The van der Waals surface area contributed by atoms with Crippen molar-refractivity contribution in [2.75, 3.05) is 37.9 Å². The fourth-order valence-corrected chi connectivity index (χ4v) is 3.51. The molecule has 1 aliphatic rings. The third-order valence-electron chi connectivity index (χ3n) is 3.50. The lowest BCUT2D eigenvalue weighted by Gasteiger charge is -2.30. The van der Waals surface area contributed by atoms with E-state index >= 15 is 0 Å². The van der Waals surface area contributed by atoms with Crippen LogP contribution in [0, 0.1) is 0 Å². The minimum atomic E-state index is -0.556. The van der Waals surface area contributed by atoms with Gasteiger partial charge >= 0.3 is 5.97 Å². The molecule has 1 aromatic rings. The van der Waals surface area contributed by atoms with Crippen LogP contribution < -0.4 is 16.0 Å². The molecule has 21 heavy (non-hydrogen) atoms. The van der Waals surface area contributed by atoms with Gasteiger partial charge in [-0.05, 0) is 12.8 Å². The number of thiophene rings is 1. The molecule has 7 nitrogen and oxygen atoms in total. The molecular weight excluding hydrogens is 294 g/mol. The van der Waals surface area contributed by atoms with Crippen molar-refractivity contribution in [3.05, 3.63) is 10.4 Å². The molecule has 2 rings (SSSR count). The van der Waals surface area contributed by atoms with Crippen LogP contribution in [0.25, 0.3) is 0 Å². The van der Waals surface area contributed by atoms with Crippen molar-refractivity contribution < 1.29 is 19.4 Å². The van der Waals surface area contributed by atoms with E-state index < -0.39 is 5.97 Å². The molecule has 0 unspecified atom stereocenters. The number of aliphatic hydroxyl groups is 1. The quantitative estimate of drug-likeness (QED) is 0.699. The van der Waals surface area contributed by atoms with Crippen LogP contribution in [0.4, 0.5) is 10.7 Å². The minimum Gasteiger partial charge on any atom is -0.465 e. The fourth-order valence-electron chi connectivity index (χ4n) is 2.30. The number of rotatable bonds is 3. The van der Waals surface area contributed by atoms with Gasteiger partial charge in [0.25, 0.3) is 5.91 Å². The Morgan fingerprint density at radius 3 is 2.57 bits per heavy atom. The number of nitrogen functional groups attached to an aromatic ring is 1. The first-order valence-electron chi connectivity index (χ1n) is 6.65. The number of ether oxygens (including phenoxy) is 1. The van der Waals surface area contributed by atoms with Crippen molar-refractivity contribution in [2.45, 2.75) is 18.9 Å². The summed E-state index contributed by atoms with van der Waals surface area (Å²) in [6.45, 7) is 1.22. The number of methoxy groups -OCH3 is 1. The highest BCUT2D eigenvalue weighted by Crippen LogP contribution is 2.39. The molecule has 1 aromatic heterocycles. The van der Waals surface area contributed by atoms with Crippen molar-refractivity contribution in [3.8, 4) is 0 Å². The van der Waals surface area contributed by atoms with Gasteiger partial charge in [0.15, 0.2) is 0 Å². The van der Waals surface area contributed by atoms with Gasteiger partial charge in [0.1, 0.15) is 15.4 Å². The van der Waals surface area contributed by atoms with Crippen molar-refractivity contribution in [3.63, 3.8) is 0 Å². The van der Waals surface area contributed by atoms with Gasteiger partial charge in [-0.25, -0.2) is 4.79 Å². The van der Waals surface area contributed by atoms with E-state index in [-0.39, 0.29) is 23.3 Å². The lowest BCUT2D eigenvalue weighted by molar-refractivity contribution is 0.0603. The molecule has 8 heteroatoms. The number of hydrogen-bond acceptors (Lipinski definition) is 7. The molecule has 2 heterocycles. The topological polar surface area (TPSA) is 105 Å². The Bertz CT molecular complexity index is 550. The smallest absolute Gasteiger partial charge is 0.343 e. The number of hydrogen-bond donors (Lipinski definition) is 3. The lowest BCUT2D eigenvalue weighted by Crippen LogP contribution is -2.36. The monoisotopic (exact) mass is 313 g/mol. The molecule has 116 valence electrons. The zero-order valence-electron chi connectivity index (χ0n) is 12.0. The normalized spacial score (nSPS) is 15.9. The lowest BCUT2D eigenvalue weighted by atomic mass is 10.1. The summed E-state index contributed by atoms with van der Waals surface area (Å²) in [5.74, 6) is -0.883. The third kappa shape index (κ3) is 2.96. The molecule has 0 atom stereocenters. The summed E-state index contributed by atoms with van der Waals surface area (Å²) in [4.78, 5) is 26.1. The van der Waals surface area contributed by atoms with E-state index in [9.17, 15) is 14.7 Å². The summed E-state index contributed by atoms with van der Waals surface area (Å²) in [6, 6.07) is 0. The number of anilines is 2. The van der Waals surface area contributed by atoms with Crippen LogP contribution >= 0.6 is 11.3 Å². The van der Waals surface area contributed by atoms with Crippen LogP contribution in [0.2, 0.25) is 0 Å². The molecule has 0 aromatic carbocycles. The fraction of sp³-hybridized carbons (Fsp3) is 0.538. The average Bonchev–Trinajstić information content (AvgIpc) is 2.84. The van der Waals surface area contributed by atoms with Crippen LogP contribution in [-0.2, 0) is 4.74 Å². The van der Waals surface area contributed by atoms with Crippen molar-refractivity contribution in [1.82, 2.24) is 5.32 Å². The van der Waals surface area contributed by atoms with Gasteiger partial charge in [-0.1, -0.05) is 0 Å². The molecule has 0 radical (unpaired) electrons. The Labute approximate surface area is 126 Å². The minimum absolute atomic E-state index is 0.146. The third-order valence-corrected chi connectivity index (χ3v) is 4.77. The van der Waals surface area contributed by atoms with E-state index in [2.05, 4.69) is 5.32 Å². The highest BCUT2D eigenvalue weighted by Gasteiger charge is 2.30. The number of carbonyl (C=O) groups is 2. The molecular formula is C13H19N3O4S. The maximum atomic E-state index is 12.0. The van der Waals surface area contributed by atoms with Gasteiger partial charge in [0.05, 0.1) is 18.9 Å². The SMILES string of the molecule is CNC(=O)c1sc(N2CCC(O)CC2)c(C(=O)OC)c1N. The zero-order valence-corrected chi connectivity index (χ0v) is 12.8. The average molecular weight is 313 g/mol. The Morgan fingerprint density at radius 1 is 1.43 bits per heavy atom. The number of carbonyl (C=O) groups excluding carboxylic acids is 2. The van der Waals surface area contributed by atoms with E-state index in [1.165, 1.54) is 25.5 Å². The standard InChI is InChI=1S/C13H19N3O4S/c1-15-11(18)10-9(14)8(13(19)20-2)12(21-10)16-5-3-7(17)4-6-16/h7,17H,3-6,14H2,1-2H3,(H,15,18). The Morgan fingerprint density at radius 2 is 2.05 bits per heavy atom. The van der Waals surface area contributed by atoms with Crippen LogP contribution in [0.3, 0.4) is 0 Å². The second-order valence-electron chi connectivity index (χ2n) is 4.81. The molecule has 1 aliphatic heterocycles. The summed E-state index contributed by atoms with van der Waals surface area (Å²) in [7, 11) is 2.79. The number of amides is 1. The number of nitrogens with one attached hydrogen (secondary N) is 1. The van der Waals surface area contributed by atoms with Gasteiger partial charge in [-0.15, -0.1) is 11.3 Å². The number of esters is 1. The van der Waals surface area contributed by atoms with Gasteiger partial charge in [-0.2, -0.15) is 0 Å². The Balaban J connectivity index is 2.43. The molecule has 1 fully saturated rings. The van der Waals surface area contributed by atoms with E-state index in [0.29, 0.717) is 35.8 Å². The Hall–Kier alpha value is -1.80. The maximum absolute atomic E-state index is 12.0. The van der Waals surface area contributed by atoms with Crippen LogP contribution in [0.5, 0.6) is 0 Å². The molecule has 1 amide bonds. The van der Waals surface area contributed by atoms with E-state index in [4.69, 9.17) is 10.5 Å². The molecule has 1 saturated heterocycles. The van der Waals surface area contributed by atoms with E-state index in [1.807, 2.05) is 4.90 Å². The summed E-state index contributed by atoms with van der Waals surface area (Å²) >= 11 is 1.18. The number of nitrogens with zero attached hydrogens (tertiary/aromatic N) is 1. The molecule has 0 aliphatic carbocycles. The molecule has 0 bridgehead atoms. The van der Waals surface area contributed by atoms with Gasteiger partial charge in [-0.3, -0.25) is 4.79 Å². The second-order valence-corrected chi connectivity index (χ2v) is 5.81. The van der Waals surface area contributed by atoms with Crippen molar-refractivity contribution in [2.24, 2.45) is 0 Å². The van der Waals surface area contributed by atoms with Crippen molar-refractivity contribution >= 4 is 33.9 Å². The first-order chi connectivity index (χ1) is 9.99. The zero-order chi connectivity index (χ0) is 15.6. The summed E-state index contributed by atoms with van der Waals surface area (Å²) in [6.07, 6.45) is 0.917. The number of nitrogens with two attached hydrogens (primary N) is 1. The molecule has 0 saturated carbocycles. The van der Waals surface area contributed by atoms with Crippen molar-refractivity contribution in [1.29, 1.82) is 0 Å². The summed E-state index contributed by atoms with van der Waals surface area (Å²) in [5.41, 5.74) is 6.34. The number of aliphatic hydroxyl groups excluding tert-OH is 1. The predicted molar refractivity (Wildman–Crippen MR) is 80.9 cm³/mol. The van der Waals surface area contributed by atoms with Gasteiger partial charge in [0.2, 0.25) is 0 Å². The predicted octanol–water partition coefficient (Wildman–Crippen LogP) is 0.438. The van der Waals surface area contributed by atoms with Gasteiger partial charge < -0.3 is 25.8 Å². The van der Waals surface area contributed by atoms with Gasteiger partial charge in [0, 0.05) is 20.1 Å². The van der Waals surface area contributed by atoms with Crippen LogP contribution in [0.1, 0.15) is 32.9 Å². The molecule has 4 N–H and O–H groups in total. The number of piperidine rings is 1. The van der Waals surface area contributed by atoms with Crippen LogP contribution in [0.15, 0.2) is 0 Å². The molecule has 0 spiro atoms. The van der Waals surface area contributed by atoms with E-state index in [0.717, 1.165) is 0 Å². The summed E-state index contributed by atoms with van der Waals surface area (Å²) in [5, 5.41) is 12.7. The first kappa shape index (κ1) is 15.6. The highest BCUT2D eigenvalue weighted by atomic mass is 32.1. The van der Waals surface area contributed by atoms with E-state index in [1.54, 1.807) is 0 Å². The Kier molecular flexibility index (Phi) is 4.69. The van der Waals surface area contributed by atoms with Crippen LogP contribution in [-0.4, -0.2) is 50.3 Å². The maximum Gasteiger partial charge on any atom is 0.343 e. The second kappa shape index (κ2) is 6.31.